The molecule has 2 heterocycles. The molecule has 5 rings (SSSR count). The predicted octanol–water partition coefficient (Wildman–Crippen LogP) is 7.06. The van der Waals surface area contributed by atoms with Gasteiger partial charge in [-0.25, -0.2) is 0 Å². The fraction of sp³-hybridized carbons (Fsp3) is 0.484. The van der Waals surface area contributed by atoms with E-state index in [0.717, 1.165) is 49.6 Å². The summed E-state index contributed by atoms with van der Waals surface area (Å²) in [5, 5.41) is 8.74. The molecule has 0 amide bonds. The lowest BCUT2D eigenvalue weighted by molar-refractivity contribution is 0.193. The fourth-order valence-electron chi connectivity index (χ4n) is 5.89. The van der Waals surface area contributed by atoms with Gasteiger partial charge in [-0.3, -0.25) is 0 Å². The van der Waals surface area contributed by atoms with Gasteiger partial charge in [-0.2, -0.15) is 10.2 Å². The van der Waals surface area contributed by atoms with Crippen LogP contribution in [0.5, 0.6) is 5.75 Å². The molecular formula is C31H39N3O. The maximum Gasteiger partial charge on any atom is 0.126 e. The Balaban J connectivity index is 1.13. The van der Waals surface area contributed by atoms with E-state index < -0.39 is 0 Å². The highest BCUT2D eigenvalue weighted by atomic mass is 16.5. The summed E-state index contributed by atoms with van der Waals surface area (Å²) in [5.41, 5.74) is 10.5. The Morgan fingerprint density at radius 3 is 2.54 bits per heavy atom. The van der Waals surface area contributed by atoms with Gasteiger partial charge in [0.25, 0.3) is 0 Å². The molecule has 0 N–H and O–H groups in total. The van der Waals surface area contributed by atoms with Crippen LogP contribution >= 0.6 is 0 Å². The predicted molar refractivity (Wildman–Crippen MR) is 147 cm³/mol. The molecule has 0 radical (unpaired) electrons. The summed E-state index contributed by atoms with van der Waals surface area (Å²) in [5.74, 6) is 2.12. The molecule has 35 heavy (non-hydrogen) atoms. The fourth-order valence-corrected chi connectivity index (χ4v) is 5.89. The van der Waals surface area contributed by atoms with Crippen LogP contribution in [0.1, 0.15) is 85.6 Å². The van der Waals surface area contributed by atoms with Crippen LogP contribution in [-0.2, 0) is 0 Å². The van der Waals surface area contributed by atoms with Crippen molar-refractivity contribution in [3.05, 3.63) is 69.8 Å². The zero-order valence-electron chi connectivity index (χ0n) is 21.8. The van der Waals surface area contributed by atoms with Gasteiger partial charge in [0.05, 0.1) is 12.3 Å². The van der Waals surface area contributed by atoms with E-state index in [-0.39, 0.29) is 0 Å². The maximum absolute atomic E-state index is 6.34. The normalized spacial score (nSPS) is 20.5. The molecule has 2 aliphatic heterocycles. The standard InChI is InChI=1S/C31H39N3O/c1-5-26-27-8-6-9-31(29(27)20-28(26)30-19-23(4)32-33-30)35-17-7-14-34-15-12-24(13-16-34)25-11-10-21(2)22(3)18-25/h6,8-11,18,20,24,26H,5,7,12-17,19H2,1-4H3. The molecule has 3 aliphatic rings. The van der Waals surface area contributed by atoms with Crippen molar-refractivity contribution in [2.75, 3.05) is 26.2 Å². The highest BCUT2D eigenvalue weighted by Crippen LogP contribution is 2.44. The van der Waals surface area contributed by atoms with Gasteiger partial charge in [0.15, 0.2) is 0 Å². The molecule has 1 fully saturated rings. The first-order valence-electron chi connectivity index (χ1n) is 13.4. The second-order valence-electron chi connectivity index (χ2n) is 10.5. The van der Waals surface area contributed by atoms with Crippen molar-refractivity contribution in [3.63, 3.8) is 0 Å². The third-order valence-electron chi connectivity index (χ3n) is 8.12. The number of aryl methyl sites for hydroxylation is 2. The molecule has 1 atom stereocenters. The summed E-state index contributed by atoms with van der Waals surface area (Å²) in [6.45, 7) is 13.0. The first kappa shape index (κ1) is 24.0. The topological polar surface area (TPSA) is 37.2 Å². The van der Waals surface area contributed by atoms with Crippen molar-refractivity contribution < 1.29 is 4.74 Å². The smallest absolute Gasteiger partial charge is 0.126 e. The number of likely N-dealkylation sites (tertiary alicyclic amines) is 1. The monoisotopic (exact) mass is 469 g/mol. The SMILES string of the molecule is CCC1C(C2=NN=C(C)C2)=Cc2c(OCCCN3CCC(c4ccc(C)c(C)c4)CC3)cccc21. The molecule has 184 valence electrons. The number of piperidine rings is 1. The number of nitrogens with zero attached hydrogens (tertiary/aromatic N) is 3. The molecule has 1 saturated heterocycles. The van der Waals surface area contributed by atoms with Crippen molar-refractivity contribution in [2.45, 2.75) is 71.6 Å². The Labute approximate surface area is 210 Å². The third-order valence-corrected chi connectivity index (χ3v) is 8.12. The van der Waals surface area contributed by atoms with Crippen molar-refractivity contribution in [2.24, 2.45) is 10.2 Å². The Morgan fingerprint density at radius 2 is 1.83 bits per heavy atom. The van der Waals surface area contributed by atoms with E-state index in [1.54, 1.807) is 0 Å². The van der Waals surface area contributed by atoms with Crippen molar-refractivity contribution >= 4 is 17.5 Å². The molecule has 0 saturated carbocycles. The summed E-state index contributed by atoms with van der Waals surface area (Å²) in [6, 6.07) is 13.5. The van der Waals surface area contributed by atoms with Crippen molar-refractivity contribution in [3.8, 4) is 5.75 Å². The van der Waals surface area contributed by atoms with Gasteiger partial charge < -0.3 is 9.64 Å². The maximum atomic E-state index is 6.34. The average molecular weight is 470 g/mol. The van der Waals surface area contributed by atoms with E-state index in [1.807, 2.05) is 0 Å². The van der Waals surface area contributed by atoms with E-state index in [4.69, 9.17) is 4.74 Å². The molecule has 0 bridgehead atoms. The second-order valence-corrected chi connectivity index (χ2v) is 10.5. The number of fused-ring (bicyclic) bond motifs is 1. The highest BCUT2D eigenvalue weighted by molar-refractivity contribution is 6.17. The van der Waals surface area contributed by atoms with E-state index >= 15 is 0 Å². The number of allylic oxidation sites excluding steroid dienone is 1. The Morgan fingerprint density at radius 1 is 1.00 bits per heavy atom. The first-order chi connectivity index (χ1) is 17.0. The summed E-state index contributed by atoms with van der Waals surface area (Å²) in [4.78, 5) is 2.61. The molecular weight excluding hydrogens is 430 g/mol. The first-order valence-corrected chi connectivity index (χ1v) is 13.4. The largest absolute Gasteiger partial charge is 0.493 e. The number of rotatable bonds is 8. The van der Waals surface area contributed by atoms with Gasteiger partial charge in [0, 0.05) is 30.2 Å². The molecule has 1 aliphatic carbocycles. The van der Waals surface area contributed by atoms with Crippen LogP contribution in [0, 0.1) is 13.8 Å². The minimum atomic E-state index is 0.395. The Bertz CT molecular complexity index is 1170. The van der Waals surface area contributed by atoms with Gasteiger partial charge in [0.1, 0.15) is 5.75 Å². The number of hydrogen-bond acceptors (Lipinski definition) is 4. The zero-order valence-corrected chi connectivity index (χ0v) is 21.8. The second kappa shape index (κ2) is 10.5. The Kier molecular flexibility index (Phi) is 7.19. The lowest BCUT2D eigenvalue weighted by Gasteiger charge is -2.32. The summed E-state index contributed by atoms with van der Waals surface area (Å²) in [6.07, 6.45) is 7.82. The molecule has 4 heteroatoms. The third kappa shape index (κ3) is 5.13. The molecule has 0 aromatic heterocycles. The quantitative estimate of drug-likeness (QED) is 0.388. The van der Waals surface area contributed by atoms with Gasteiger partial charge >= 0.3 is 0 Å². The Hall–Kier alpha value is -2.72. The summed E-state index contributed by atoms with van der Waals surface area (Å²) in [7, 11) is 0. The minimum absolute atomic E-state index is 0.395. The van der Waals surface area contributed by atoms with Crippen LogP contribution in [0.3, 0.4) is 0 Å². The van der Waals surface area contributed by atoms with E-state index in [9.17, 15) is 0 Å². The van der Waals surface area contributed by atoms with Gasteiger partial charge in [0.2, 0.25) is 0 Å². The van der Waals surface area contributed by atoms with E-state index in [0.29, 0.717) is 11.8 Å². The number of ether oxygens (including phenoxy) is 1. The molecule has 4 nitrogen and oxygen atoms in total. The molecule has 0 spiro atoms. The van der Waals surface area contributed by atoms with Crippen LogP contribution in [0.15, 0.2) is 52.2 Å². The molecule has 2 aromatic carbocycles. The average Bonchev–Trinajstić information content (AvgIpc) is 3.47. The van der Waals surface area contributed by atoms with Crippen LogP contribution in [0.2, 0.25) is 0 Å². The van der Waals surface area contributed by atoms with Gasteiger partial charge in [-0.1, -0.05) is 37.3 Å². The van der Waals surface area contributed by atoms with E-state index in [2.05, 4.69) is 85.3 Å². The zero-order chi connectivity index (χ0) is 24.4. The number of benzene rings is 2. The van der Waals surface area contributed by atoms with Gasteiger partial charge in [-0.05, 0) is 105 Å². The van der Waals surface area contributed by atoms with Crippen LogP contribution in [0.25, 0.3) is 6.08 Å². The van der Waals surface area contributed by atoms with Crippen molar-refractivity contribution in [1.29, 1.82) is 0 Å². The minimum Gasteiger partial charge on any atom is -0.493 e. The van der Waals surface area contributed by atoms with Crippen molar-refractivity contribution in [1.82, 2.24) is 4.90 Å². The number of hydrogen-bond donors (Lipinski definition) is 0. The summed E-state index contributed by atoms with van der Waals surface area (Å²) >= 11 is 0. The van der Waals surface area contributed by atoms with Gasteiger partial charge in [-0.15, -0.1) is 0 Å². The van der Waals surface area contributed by atoms with E-state index in [1.165, 1.54) is 59.3 Å². The lowest BCUT2D eigenvalue weighted by Crippen LogP contribution is -2.34. The van der Waals surface area contributed by atoms with Crippen LogP contribution < -0.4 is 4.74 Å². The lowest BCUT2D eigenvalue weighted by atomic mass is 9.88. The van der Waals surface area contributed by atoms with Crippen LogP contribution in [0.4, 0.5) is 0 Å². The highest BCUT2D eigenvalue weighted by Gasteiger charge is 2.30. The molecule has 2 aromatic rings. The molecule has 1 unspecified atom stereocenters. The summed E-state index contributed by atoms with van der Waals surface area (Å²) < 4.78 is 6.34. The van der Waals surface area contributed by atoms with Crippen LogP contribution in [-0.4, -0.2) is 42.6 Å².